The van der Waals surface area contributed by atoms with Gasteiger partial charge >= 0.3 is 0 Å². The summed E-state index contributed by atoms with van der Waals surface area (Å²) in [5, 5.41) is 14.5. The second-order valence-electron chi connectivity index (χ2n) is 6.00. The number of hydrogen-bond donors (Lipinski definition) is 2. The van der Waals surface area contributed by atoms with Crippen LogP contribution < -0.4 is 10.1 Å². The molecule has 116 valence electrons. The van der Waals surface area contributed by atoms with Crippen molar-refractivity contribution < 1.29 is 9.84 Å². The summed E-state index contributed by atoms with van der Waals surface area (Å²) in [6, 6.07) is 16.3. The fraction of sp³-hybridized carbons (Fsp3) is 0.368. The summed E-state index contributed by atoms with van der Waals surface area (Å²) in [5.74, 6) is 0.808. The van der Waals surface area contributed by atoms with Gasteiger partial charge in [0.1, 0.15) is 11.4 Å². The van der Waals surface area contributed by atoms with Crippen LogP contribution in [0, 0.1) is 0 Å². The molecule has 0 spiro atoms. The summed E-state index contributed by atoms with van der Waals surface area (Å²) >= 11 is 0. The van der Waals surface area contributed by atoms with Gasteiger partial charge in [-0.15, -0.1) is 0 Å². The van der Waals surface area contributed by atoms with Gasteiger partial charge in [0.25, 0.3) is 0 Å². The molecule has 3 heteroatoms. The number of nitrogens with one attached hydrogen (secondary N) is 1. The number of ether oxygens (including phenoxy) is 1. The lowest BCUT2D eigenvalue weighted by molar-refractivity contribution is 0.0187. The molecule has 2 aromatic rings. The molecule has 0 saturated heterocycles. The zero-order valence-corrected chi connectivity index (χ0v) is 13.0. The quantitative estimate of drug-likeness (QED) is 0.891. The SMILES string of the molecule is COc1ccc2c(c1)C(O)(CNCc1ccccc1)CCC2. The van der Waals surface area contributed by atoms with Crippen molar-refractivity contribution in [2.45, 2.75) is 31.4 Å². The van der Waals surface area contributed by atoms with E-state index >= 15 is 0 Å². The van der Waals surface area contributed by atoms with E-state index < -0.39 is 5.60 Å². The zero-order chi connectivity index (χ0) is 15.4. The maximum atomic E-state index is 11.1. The van der Waals surface area contributed by atoms with Gasteiger partial charge in [0.15, 0.2) is 0 Å². The molecule has 1 unspecified atom stereocenters. The predicted molar refractivity (Wildman–Crippen MR) is 88.0 cm³/mol. The van der Waals surface area contributed by atoms with Crippen molar-refractivity contribution in [1.82, 2.24) is 5.32 Å². The van der Waals surface area contributed by atoms with Gasteiger partial charge in [-0.3, -0.25) is 0 Å². The maximum absolute atomic E-state index is 11.1. The Morgan fingerprint density at radius 3 is 2.77 bits per heavy atom. The first-order chi connectivity index (χ1) is 10.7. The molecule has 0 aliphatic heterocycles. The van der Waals surface area contributed by atoms with Crippen molar-refractivity contribution in [3.05, 3.63) is 65.2 Å². The van der Waals surface area contributed by atoms with Gasteiger partial charge in [0, 0.05) is 13.1 Å². The average Bonchev–Trinajstić information content (AvgIpc) is 2.56. The molecule has 0 amide bonds. The summed E-state index contributed by atoms with van der Waals surface area (Å²) in [6.45, 7) is 1.32. The highest BCUT2D eigenvalue weighted by Gasteiger charge is 2.34. The molecule has 1 aliphatic rings. The van der Waals surface area contributed by atoms with Gasteiger partial charge in [-0.2, -0.15) is 0 Å². The minimum absolute atomic E-state index is 0.558. The van der Waals surface area contributed by atoms with Crippen LogP contribution in [-0.4, -0.2) is 18.8 Å². The summed E-state index contributed by atoms with van der Waals surface area (Å²) in [6.07, 6.45) is 2.83. The second-order valence-corrected chi connectivity index (χ2v) is 6.00. The van der Waals surface area contributed by atoms with E-state index in [0.29, 0.717) is 6.54 Å². The van der Waals surface area contributed by atoms with Crippen molar-refractivity contribution in [3.8, 4) is 5.75 Å². The molecule has 22 heavy (non-hydrogen) atoms. The first kappa shape index (κ1) is 15.1. The molecule has 0 fully saturated rings. The van der Waals surface area contributed by atoms with Crippen LogP contribution in [0.3, 0.4) is 0 Å². The van der Waals surface area contributed by atoms with Crippen LogP contribution in [0.5, 0.6) is 5.75 Å². The second kappa shape index (κ2) is 6.51. The Balaban J connectivity index is 1.73. The predicted octanol–water partition coefficient (Wildman–Crippen LogP) is 3.01. The average molecular weight is 297 g/mol. The molecule has 0 radical (unpaired) electrons. The van der Waals surface area contributed by atoms with Gasteiger partial charge in [0.05, 0.1) is 7.11 Å². The standard InChI is InChI=1S/C19H23NO2/c1-22-17-10-9-16-8-5-11-19(21,18(16)12-17)14-20-13-15-6-3-2-4-7-15/h2-4,6-7,9-10,12,20-21H,5,8,11,13-14H2,1H3. The number of benzene rings is 2. The topological polar surface area (TPSA) is 41.5 Å². The molecule has 0 heterocycles. The van der Waals surface area contributed by atoms with Crippen molar-refractivity contribution in [1.29, 1.82) is 0 Å². The molecule has 0 bridgehead atoms. The van der Waals surface area contributed by atoms with E-state index in [2.05, 4.69) is 23.5 Å². The van der Waals surface area contributed by atoms with E-state index in [4.69, 9.17) is 4.74 Å². The molecule has 3 rings (SSSR count). The molecular formula is C19H23NO2. The van der Waals surface area contributed by atoms with Crippen LogP contribution in [0.15, 0.2) is 48.5 Å². The van der Waals surface area contributed by atoms with E-state index in [-0.39, 0.29) is 0 Å². The van der Waals surface area contributed by atoms with Gasteiger partial charge in [0.2, 0.25) is 0 Å². The largest absolute Gasteiger partial charge is 0.497 e. The molecule has 2 aromatic carbocycles. The molecule has 0 saturated carbocycles. The monoisotopic (exact) mass is 297 g/mol. The van der Waals surface area contributed by atoms with Gasteiger partial charge in [-0.05, 0) is 48.1 Å². The van der Waals surface area contributed by atoms with Gasteiger partial charge in [-0.1, -0.05) is 36.4 Å². The van der Waals surface area contributed by atoms with Crippen molar-refractivity contribution in [2.24, 2.45) is 0 Å². The Labute approximate surface area is 131 Å². The van der Waals surface area contributed by atoms with Crippen LogP contribution in [0.1, 0.15) is 29.5 Å². The lowest BCUT2D eigenvalue weighted by Crippen LogP contribution is -2.40. The van der Waals surface area contributed by atoms with E-state index in [1.807, 2.05) is 30.3 Å². The normalized spacial score (nSPS) is 20.5. The third-order valence-corrected chi connectivity index (χ3v) is 4.44. The van der Waals surface area contributed by atoms with Crippen molar-refractivity contribution in [2.75, 3.05) is 13.7 Å². The Morgan fingerprint density at radius 1 is 1.18 bits per heavy atom. The lowest BCUT2D eigenvalue weighted by atomic mass is 9.79. The Morgan fingerprint density at radius 2 is 2.00 bits per heavy atom. The summed E-state index contributed by atoms with van der Waals surface area (Å²) in [5.41, 5.74) is 2.67. The first-order valence-corrected chi connectivity index (χ1v) is 7.86. The minimum Gasteiger partial charge on any atom is -0.497 e. The van der Waals surface area contributed by atoms with E-state index in [0.717, 1.165) is 37.1 Å². The van der Waals surface area contributed by atoms with Crippen molar-refractivity contribution >= 4 is 0 Å². The first-order valence-electron chi connectivity index (χ1n) is 7.86. The van der Waals surface area contributed by atoms with Crippen molar-refractivity contribution in [3.63, 3.8) is 0 Å². The zero-order valence-electron chi connectivity index (χ0n) is 13.0. The molecule has 3 nitrogen and oxygen atoms in total. The number of rotatable bonds is 5. The third kappa shape index (κ3) is 3.16. The van der Waals surface area contributed by atoms with E-state index in [9.17, 15) is 5.11 Å². The Kier molecular flexibility index (Phi) is 4.46. The summed E-state index contributed by atoms with van der Waals surface area (Å²) < 4.78 is 5.32. The molecule has 2 N–H and O–H groups in total. The van der Waals surface area contributed by atoms with Crippen LogP contribution >= 0.6 is 0 Å². The number of methoxy groups -OCH3 is 1. The highest BCUT2D eigenvalue weighted by atomic mass is 16.5. The molecule has 1 aliphatic carbocycles. The van der Waals surface area contributed by atoms with Crippen LogP contribution in [-0.2, 0) is 18.6 Å². The molecule has 1 atom stereocenters. The van der Waals surface area contributed by atoms with E-state index in [1.165, 1.54) is 11.1 Å². The maximum Gasteiger partial charge on any atom is 0.119 e. The Hall–Kier alpha value is -1.84. The number of fused-ring (bicyclic) bond motifs is 1. The summed E-state index contributed by atoms with van der Waals surface area (Å²) in [7, 11) is 1.66. The third-order valence-electron chi connectivity index (χ3n) is 4.44. The fourth-order valence-electron chi connectivity index (χ4n) is 3.23. The fourth-order valence-corrected chi connectivity index (χ4v) is 3.23. The molecular weight excluding hydrogens is 274 g/mol. The van der Waals surface area contributed by atoms with Gasteiger partial charge in [-0.25, -0.2) is 0 Å². The minimum atomic E-state index is -0.809. The number of aliphatic hydroxyl groups is 1. The van der Waals surface area contributed by atoms with E-state index in [1.54, 1.807) is 7.11 Å². The lowest BCUT2D eigenvalue weighted by Gasteiger charge is -2.35. The number of hydrogen-bond acceptors (Lipinski definition) is 3. The molecule has 0 aromatic heterocycles. The van der Waals surface area contributed by atoms with Crippen LogP contribution in [0.4, 0.5) is 0 Å². The highest BCUT2D eigenvalue weighted by Crippen LogP contribution is 2.36. The van der Waals surface area contributed by atoms with Crippen LogP contribution in [0.2, 0.25) is 0 Å². The Bertz CT molecular complexity index is 627. The van der Waals surface area contributed by atoms with Gasteiger partial charge < -0.3 is 15.2 Å². The van der Waals surface area contributed by atoms with Crippen LogP contribution in [0.25, 0.3) is 0 Å². The smallest absolute Gasteiger partial charge is 0.119 e. The summed E-state index contributed by atoms with van der Waals surface area (Å²) in [4.78, 5) is 0. The number of aryl methyl sites for hydroxylation is 1. The highest BCUT2D eigenvalue weighted by molar-refractivity contribution is 5.41.